The van der Waals surface area contributed by atoms with Gasteiger partial charge in [0.2, 0.25) is 0 Å². The van der Waals surface area contributed by atoms with Crippen molar-refractivity contribution in [2.45, 2.75) is 6.42 Å². The number of fused-ring (bicyclic) bond motifs is 1. The molecule has 0 amide bonds. The van der Waals surface area contributed by atoms with Gasteiger partial charge in [-0.25, -0.2) is 0 Å². The summed E-state index contributed by atoms with van der Waals surface area (Å²) in [6.07, 6.45) is 1.02. The summed E-state index contributed by atoms with van der Waals surface area (Å²) in [5.41, 5.74) is 1.00. The standard InChI is InChI=1S/C9H10ClNO/c10-7-3-1-4-8-9(7)12-6-2-5-11-8/h1,3-4,11H,2,5-6H2. The Morgan fingerprint density at radius 3 is 3.25 bits per heavy atom. The van der Waals surface area contributed by atoms with E-state index in [2.05, 4.69) is 5.32 Å². The van der Waals surface area contributed by atoms with Crippen molar-refractivity contribution >= 4 is 17.3 Å². The number of rotatable bonds is 0. The lowest BCUT2D eigenvalue weighted by Gasteiger charge is -2.08. The lowest BCUT2D eigenvalue weighted by atomic mass is 10.3. The van der Waals surface area contributed by atoms with E-state index in [4.69, 9.17) is 16.3 Å². The normalized spacial score (nSPS) is 15.4. The Morgan fingerprint density at radius 2 is 2.33 bits per heavy atom. The van der Waals surface area contributed by atoms with Gasteiger partial charge < -0.3 is 10.1 Å². The highest BCUT2D eigenvalue weighted by Crippen LogP contribution is 2.33. The Kier molecular flexibility index (Phi) is 2.09. The van der Waals surface area contributed by atoms with Crippen LogP contribution in [0.25, 0.3) is 0 Å². The highest BCUT2D eigenvalue weighted by atomic mass is 35.5. The smallest absolute Gasteiger partial charge is 0.160 e. The molecule has 0 atom stereocenters. The molecule has 1 heterocycles. The van der Waals surface area contributed by atoms with Gasteiger partial charge in [0, 0.05) is 6.54 Å². The summed E-state index contributed by atoms with van der Waals surface area (Å²) in [5.74, 6) is 0.789. The first-order chi connectivity index (χ1) is 5.88. The van der Waals surface area contributed by atoms with E-state index in [1.165, 1.54) is 0 Å². The van der Waals surface area contributed by atoms with Crippen molar-refractivity contribution in [1.82, 2.24) is 0 Å². The van der Waals surface area contributed by atoms with Crippen molar-refractivity contribution in [2.24, 2.45) is 0 Å². The van der Waals surface area contributed by atoms with Gasteiger partial charge in [-0.05, 0) is 18.6 Å². The van der Waals surface area contributed by atoms with Crippen LogP contribution in [0.3, 0.4) is 0 Å². The molecule has 2 rings (SSSR count). The minimum Gasteiger partial charge on any atom is -0.490 e. The van der Waals surface area contributed by atoms with Crippen molar-refractivity contribution in [2.75, 3.05) is 18.5 Å². The zero-order valence-corrected chi connectivity index (χ0v) is 7.40. The fraction of sp³-hybridized carbons (Fsp3) is 0.333. The average molecular weight is 184 g/mol. The Morgan fingerprint density at radius 1 is 1.42 bits per heavy atom. The first-order valence-corrected chi connectivity index (χ1v) is 4.41. The molecule has 0 saturated heterocycles. The maximum absolute atomic E-state index is 5.95. The number of anilines is 1. The Bertz CT molecular complexity index is 288. The fourth-order valence-electron chi connectivity index (χ4n) is 1.26. The highest BCUT2D eigenvalue weighted by molar-refractivity contribution is 6.32. The van der Waals surface area contributed by atoms with Gasteiger partial charge in [0.15, 0.2) is 5.75 Å². The summed E-state index contributed by atoms with van der Waals surface area (Å²) in [5, 5.41) is 3.94. The van der Waals surface area contributed by atoms with Gasteiger partial charge in [-0.1, -0.05) is 17.7 Å². The summed E-state index contributed by atoms with van der Waals surface area (Å²) < 4.78 is 5.48. The van der Waals surface area contributed by atoms with Crippen molar-refractivity contribution in [3.63, 3.8) is 0 Å². The molecule has 0 fully saturated rings. The molecule has 64 valence electrons. The van der Waals surface area contributed by atoms with Gasteiger partial charge in [-0.15, -0.1) is 0 Å². The van der Waals surface area contributed by atoms with E-state index in [0.717, 1.165) is 31.0 Å². The number of benzene rings is 1. The number of hydrogen-bond donors (Lipinski definition) is 1. The lowest BCUT2D eigenvalue weighted by molar-refractivity contribution is 0.323. The van der Waals surface area contributed by atoms with Crippen LogP contribution in [0, 0.1) is 0 Å². The number of hydrogen-bond acceptors (Lipinski definition) is 2. The largest absolute Gasteiger partial charge is 0.490 e. The predicted octanol–water partition coefficient (Wildman–Crippen LogP) is 2.53. The van der Waals surface area contributed by atoms with Crippen molar-refractivity contribution in [3.8, 4) is 5.75 Å². The van der Waals surface area contributed by atoms with Crippen LogP contribution in [0.4, 0.5) is 5.69 Å². The third-order valence-electron chi connectivity index (χ3n) is 1.85. The molecule has 1 aliphatic heterocycles. The molecular weight excluding hydrogens is 174 g/mol. The molecule has 0 saturated carbocycles. The first kappa shape index (κ1) is 7.74. The maximum Gasteiger partial charge on any atom is 0.160 e. The molecule has 2 nitrogen and oxygen atoms in total. The quantitative estimate of drug-likeness (QED) is 0.668. The summed E-state index contributed by atoms with van der Waals surface area (Å²) in [6, 6.07) is 5.74. The molecule has 1 N–H and O–H groups in total. The Labute approximate surface area is 76.5 Å². The third-order valence-corrected chi connectivity index (χ3v) is 2.15. The summed E-state index contributed by atoms with van der Waals surface area (Å²) in [7, 11) is 0. The van der Waals surface area contributed by atoms with Gasteiger partial charge in [-0.3, -0.25) is 0 Å². The van der Waals surface area contributed by atoms with Crippen LogP contribution in [-0.4, -0.2) is 13.2 Å². The highest BCUT2D eigenvalue weighted by Gasteiger charge is 2.10. The van der Waals surface area contributed by atoms with Crippen molar-refractivity contribution < 1.29 is 4.74 Å². The predicted molar refractivity (Wildman–Crippen MR) is 50.1 cm³/mol. The van der Waals surface area contributed by atoms with E-state index in [0.29, 0.717) is 5.02 Å². The van der Waals surface area contributed by atoms with Gasteiger partial charge in [0.25, 0.3) is 0 Å². The van der Waals surface area contributed by atoms with Crippen LogP contribution in [0.2, 0.25) is 5.02 Å². The second-order valence-corrected chi connectivity index (χ2v) is 3.15. The van der Waals surface area contributed by atoms with E-state index in [-0.39, 0.29) is 0 Å². The van der Waals surface area contributed by atoms with Gasteiger partial charge >= 0.3 is 0 Å². The molecule has 0 spiro atoms. The number of nitrogens with one attached hydrogen (secondary N) is 1. The molecule has 0 radical (unpaired) electrons. The zero-order chi connectivity index (χ0) is 8.39. The molecule has 0 unspecified atom stereocenters. The van der Waals surface area contributed by atoms with Crippen LogP contribution < -0.4 is 10.1 Å². The van der Waals surface area contributed by atoms with E-state index in [9.17, 15) is 0 Å². The first-order valence-electron chi connectivity index (χ1n) is 4.03. The number of para-hydroxylation sites is 1. The van der Waals surface area contributed by atoms with Gasteiger partial charge in [0.1, 0.15) is 0 Å². The van der Waals surface area contributed by atoms with Crippen LogP contribution in [0.1, 0.15) is 6.42 Å². The molecule has 1 aromatic rings. The Balaban J connectivity index is 2.42. The zero-order valence-electron chi connectivity index (χ0n) is 6.64. The second kappa shape index (κ2) is 3.23. The molecule has 0 aromatic heterocycles. The van der Waals surface area contributed by atoms with Crippen LogP contribution in [-0.2, 0) is 0 Å². The van der Waals surface area contributed by atoms with Crippen molar-refractivity contribution in [3.05, 3.63) is 23.2 Å². The summed E-state index contributed by atoms with van der Waals surface area (Å²) in [4.78, 5) is 0. The third kappa shape index (κ3) is 1.34. The number of ether oxygens (including phenoxy) is 1. The van der Waals surface area contributed by atoms with E-state index >= 15 is 0 Å². The van der Waals surface area contributed by atoms with Crippen LogP contribution in [0.5, 0.6) is 5.75 Å². The average Bonchev–Trinajstić information content (AvgIpc) is 2.30. The van der Waals surface area contributed by atoms with Gasteiger partial charge in [0.05, 0.1) is 17.3 Å². The summed E-state index contributed by atoms with van der Waals surface area (Å²) >= 11 is 5.95. The van der Waals surface area contributed by atoms with Crippen LogP contribution in [0.15, 0.2) is 18.2 Å². The molecular formula is C9H10ClNO. The SMILES string of the molecule is Clc1cccc2c1OCCCN2. The molecule has 0 aliphatic carbocycles. The molecule has 0 bridgehead atoms. The lowest BCUT2D eigenvalue weighted by Crippen LogP contribution is -1.99. The van der Waals surface area contributed by atoms with E-state index < -0.39 is 0 Å². The minimum atomic E-state index is 0.682. The van der Waals surface area contributed by atoms with Gasteiger partial charge in [-0.2, -0.15) is 0 Å². The Hall–Kier alpha value is -0.890. The summed E-state index contributed by atoms with van der Waals surface area (Å²) in [6.45, 7) is 1.69. The second-order valence-electron chi connectivity index (χ2n) is 2.75. The van der Waals surface area contributed by atoms with Crippen LogP contribution >= 0.6 is 11.6 Å². The fourth-order valence-corrected chi connectivity index (χ4v) is 1.49. The molecule has 3 heteroatoms. The van der Waals surface area contributed by atoms with E-state index in [1.807, 2.05) is 18.2 Å². The maximum atomic E-state index is 5.95. The topological polar surface area (TPSA) is 21.3 Å². The number of halogens is 1. The monoisotopic (exact) mass is 183 g/mol. The van der Waals surface area contributed by atoms with E-state index in [1.54, 1.807) is 0 Å². The molecule has 1 aliphatic rings. The minimum absolute atomic E-state index is 0.682. The molecule has 12 heavy (non-hydrogen) atoms. The van der Waals surface area contributed by atoms with Crippen molar-refractivity contribution in [1.29, 1.82) is 0 Å². The molecule has 1 aromatic carbocycles.